The largest absolute Gasteiger partial charge is 0.345 e. The maximum Gasteiger partial charge on any atom is 0.184 e. The molecular weight excluding hydrogens is 212 g/mol. The summed E-state index contributed by atoms with van der Waals surface area (Å²) in [6, 6.07) is 20.2. The van der Waals surface area contributed by atoms with Crippen molar-refractivity contribution < 1.29 is 9.47 Å². The lowest BCUT2D eigenvalue weighted by molar-refractivity contribution is -0.0607. The van der Waals surface area contributed by atoms with E-state index in [1.807, 2.05) is 48.5 Å². The third kappa shape index (κ3) is 2.23. The summed E-state index contributed by atoms with van der Waals surface area (Å²) in [6.07, 6.45) is -0.192. The molecule has 3 rings (SSSR count). The highest BCUT2D eigenvalue weighted by molar-refractivity contribution is 5.20. The minimum Gasteiger partial charge on any atom is -0.345 e. The highest BCUT2D eigenvalue weighted by Crippen LogP contribution is 2.34. The molecule has 86 valence electrons. The van der Waals surface area contributed by atoms with E-state index in [4.69, 9.17) is 9.47 Å². The van der Waals surface area contributed by atoms with Gasteiger partial charge in [0.25, 0.3) is 0 Å². The maximum atomic E-state index is 5.91. The van der Waals surface area contributed by atoms with Crippen molar-refractivity contribution in [3.05, 3.63) is 71.8 Å². The Kier molecular flexibility index (Phi) is 2.90. The van der Waals surface area contributed by atoms with Crippen LogP contribution in [-0.2, 0) is 9.47 Å². The zero-order chi connectivity index (χ0) is 11.5. The monoisotopic (exact) mass is 226 g/mol. The predicted octanol–water partition coefficient (Wildman–Crippen LogP) is 3.47. The minimum absolute atomic E-state index is 0.0430. The molecule has 2 aromatic carbocycles. The molecule has 0 aliphatic carbocycles. The van der Waals surface area contributed by atoms with Gasteiger partial charge in [-0.25, -0.2) is 0 Å². The summed E-state index contributed by atoms with van der Waals surface area (Å²) in [5, 5.41) is 0. The number of rotatable bonds is 2. The number of ether oxygens (including phenoxy) is 2. The Morgan fingerprint density at radius 2 is 1.35 bits per heavy atom. The van der Waals surface area contributed by atoms with Crippen LogP contribution in [0.3, 0.4) is 0 Å². The third-order valence-electron chi connectivity index (χ3n) is 2.93. The number of benzene rings is 2. The first-order valence-electron chi connectivity index (χ1n) is 5.80. The van der Waals surface area contributed by atoms with Gasteiger partial charge in [0.15, 0.2) is 6.29 Å². The van der Waals surface area contributed by atoms with E-state index >= 15 is 0 Å². The second-order valence-corrected chi connectivity index (χ2v) is 4.11. The molecule has 2 heteroatoms. The molecule has 0 radical (unpaired) electrons. The van der Waals surface area contributed by atoms with Gasteiger partial charge in [0.1, 0.15) is 6.10 Å². The highest BCUT2D eigenvalue weighted by Gasteiger charge is 2.27. The Morgan fingerprint density at radius 3 is 2.00 bits per heavy atom. The van der Waals surface area contributed by atoms with E-state index in [9.17, 15) is 0 Å². The highest BCUT2D eigenvalue weighted by atomic mass is 16.7. The van der Waals surface area contributed by atoms with Gasteiger partial charge in [-0.1, -0.05) is 60.7 Å². The average molecular weight is 226 g/mol. The van der Waals surface area contributed by atoms with Crippen molar-refractivity contribution in [2.75, 3.05) is 6.61 Å². The molecular formula is C15H14O2. The molecule has 0 saturated carbocycles. The third-order valence-corrected chi connectivity index (χ3v) is 2.93. The van der Waals surface area contributed by atoms with Gasteiger partial charge >= 0.3 is 0 Å². The normalized spacial score (nSPS) is 23.8. The Hall–Kier alpha value is -1.64. The molecule has 2 unspecified atom stereocenters. The summed E-state index contributed by atoms with van der Waals surface area (Å²) in [5.41, 5.74) is 2.25. The second kappa shape index (κ2) is 4.70. The van der Waals surface area contributed by atoms with Crippen LogP contribution in [0.25, 0.3) is 0 Å². The quantitative estimate of drug-likeness (QED) is 0.780. The van der Waals surface area contributed by atoms with E-state index in [2.05, 4.69) is 12.1 Å². The van der Waals surface area contributed by atoms with Crippen molar-refractivity contribution >= 4 is 0 Å². The average Bonchev–Trinajstić information content (AvgIpc) is 2.90. The van der Waals surface area contributed by atoms with E-state index in [0.29, 0.717) is 6.61 Å². The van der Waals surface area contributed by atoms with Crippen LogP contribution in [0, 0.1) is 0 Å². The molecule has 2 atom stereocenters. The van der Waals surface area contributed by atoms with Crippen LogP contribution in [0.5, 0.6) is 0 Å². The molecule has 0 bridgehead atoms. The van der Waals surface area contributed by atoms with E-state index < -0.39 is 0 Å². The van der Waals surface area contributed by atoms with Crippen LogP contribution in [0.1, 0.15) is 23.5 Å². The lowest BCUT2D eigenvalue weighted by atomic mass is 10.1. The van der Waals surface area contributed by atoms with Gasteiger partial charge in [-0.2, -0.15) is 0 Å². The molecule has 17 heavy (non-hydrogen) atoms. The Morgan fingerprint density at radius 1 is 0.765 bits per heavy atom. The fourth-order valence-corrected chi connectivity index (χ4v) is 2.03. The zero-order valence-electron chi connectivity index (χ0n) is 9.45. The molecule has 0 spiro atoms. The zero-order valence-corrected chi connectivity index (χ0v) is 9.45. The summed E-state index contributed by atoms with van der Waals surface area (Å²) in [5.74, 6) is 0. The molecule has 2 nitrogen and oxygen atoms in total. The van der Waals surface area contributed by atoms with Crippen LogP contribution >= 0.6 is 0 Å². The molecule has 1 aliphatic heterocycles. The van der Waals surface area contributed by atoms with Gasteiger partial charge < -0.3 is 9.47 Å². The lowest BCUT2D eigenvalue weighted by Gasteiger charge is -2.11. The van der Waals surface area contributed by atoms with Gasteiger partial charge in [0, 0.05) is 5.56 Å². The van der Waals surface area contributed by atoms with Gasteiger partial charge in [-0.05, 0) is 5.56 Å². The van der Waals surface area contributed by atoms with Crippen LogP contribution in [-0.4, -0.2) is 6.61 Å². The molecule has 0 aromatic heterocycles. The summed E-state index contributed by atoms with van der Waals surface area (Å²) in [6.45, 7) is 0.615. The first kappa shape index (κ1) is 10.5. The minimum atomic E-state index is -0.235. The van der Waals surface area contributed by atoms with Gasteiger partial charge in [-0.15, -0.1) is 0 Å². The van der Waals surface area contributed by atoms with Crippen LogP contribution < -0.4 is 0 Å². The number of hydrogen-bond acceptors (Lipinski definition) is 2. The summed E-state index contributed by atoms with van der Waals surface area (Å²) < 4.78 is 11.6. The van der Waals surface area contributed by atoms with Gasteiger partial charge in [-0.3, -0.25) is 0 Å². The number of hydrogen-bond donors (Lipinski definition) is 0. The van der Waals surface area contributed by atoms with Gasteiger partial charge in [0.05, 0.1) is 6.61 Å². The van der Waals surface area contributed by atoms with Crippen LogP contribution in [0.2, 0.25) is 0 Å². The van der Waals surface area contributed by atoms with Gasteiger partial charge in [0.2, 0.25) is 0 Å². The van der Waals surface area contributed by atoms with E-state index in [1.54, 1.807) is 0 Å². The van der Waals surface area contributed by atoms with Crippen LogP contribution in [0.15, 0.2) is 60.7 Å². The van der Waals surface area contributed by atoms with Crippen molar-refractivity contribution in [3.8, 4) is 0 Å². The predicted molar refractivity (Wildman–Crippen MR) is 65.4 cm³/mol. The fourth-order valence-electron chi connectivity index (χ4n) is 2.03. The van der Waals surface area contributed by atoms with Crippen molar-refractivity contribution in [2.45, 2.75) is 12.4 Å². The molecule has 1 saturated heterocycles. The lowest BCUT2D eigenvalue weighted by Crippen LogP contribution is -2.00. The smallest absolute Gasteiger partial charge is 0.184 e. The first-order valence-corrected chi connectivity index (χ1v) is 5.80. The van der Waals surface area contributed by atoms with E-state index in [-0.39, 0.29) is 12.4 Å². The molecule has 0 amide bonds. The Balaban J connectivity index is 1.75. The van der Waals surface area contributed by atoms with Crippen molar-refractivity contribution in [3.63, 3.8) is 0 Å². The van der Waals surface area contributed by atoms with Crippen molar-refractivity contribution in [2.24, 2.45) is 0 Å². The van der Waals surface area contributed by atoms with E-state index in [1.165, 1.54) is 5.56 Å². The van der Waals surface area contributed by atoms with Crippen LogP contribution in [0.4, 0.5) is 0 Å². The molecule has 1 aliphatic rings. The fraction of sp³-hybridized carbons (Fsp3) is 0.200. The SMILES string of the molecule is c1ccc(C2COC(c3ccccc3)O2)cc1. The summed E-state index contributed by atoms with van der Waals surface area (Å²) in [7, 11) is 0. The Bertz CT molecular complexity index is 421. The second-order valence-electron chi connectivity index (χ2n) is 4.11. The Labute approximate surface area is 101 Å². The standard InChI is InChI=1S/C15H14O2/c1-3-7-12(8-4-1)14-11-16-15(17-14)13-9-5-2-6-10-13/h1-10,14-15H,11H2. The molecule has 2 aromatic rings. The maximum absolute atomic E-state index is 5.91. The van der Waals surface area contributed by atoms with E-state index in [0.717, 1.165) is 5.56 Å². The van der Waals surface area contributed by atoms with Crippen molar-refractivity contribution in [1.29, 1.82) is 0 Å². The van der Waals surface area contributed by atoms with Crippen molar-refractivity contribution in [1.82, 2.24) is 0 Å². The molecule has 1 fully saturated rings. The molecule has 1 heterocycles. The summed E-state index contributed by atoms with van der Waals surface area (Å²) in [4.78, 5) is 0. The summed E-state index contributed by atoms with van der Waals surface area (Å²) >= 11 is 0. The first-order chi connectivity index (χ1) is 8.43. The topological polar surface area (TPSA) is 18.5 Å². The molecule has 0 N–H and O–H groups in total.